The summed E-state index contributed by atoms with van der Waals surface area (Å²) in [5.41, 5.74) is 2.47. The molecule has 1 aliphatic rings. The zero-order valence-corrected chi connectivity index (χ0v) is 15.0. The van der Waals surface area contributed by atoms with Crippen LogP contribution in [0.2, 0.25) is 0 Å². The Labute approximate surface area is 143 Å². The number of rotatable bonds is 1. The Hall–Kier alpha value is -2.17. The number of amides is 1. The van der Waals surface area contributed by atoms with Crippen molar-refractivity contribution in [3.05, 3.63) is 30.0 Å². The van der Waals surface area contributed by atoms with Crippen molar-refractivity contribution in [1.82, 2.24) is 14.9 Å². The number of aromatic nitrogens is 2. The zero-order valence-electron chi connectivity index (χ0n) is 15.0. The highest BCUT2D eigenvalue weighted by Gasteiger charge is 2.29. The van der Waals surface area contributed by atoms with Gasteiger partial charge in [-0.2, -0.15) is 0 Å². The van der Waals surface area contributed by atoms with Crippen molar-refractivity contribution in [2.24, 2.45) is 5.41 Å². The van der Waals surface area contributed by atoms with Gasteiger partial charge in [0.2, 0.25) is 5.91 Å². The van der Waals surface area contributed by atoms with E-state index < -0.39 is 0 Å². The molecule has 5 heteroatoms. The van der Waals surface area contributed by atoms with Crippen LogP contribution in [-0.4, -0.2) is 47.0 Å². The summed E-state index contributed by atoms with van der Waals surface area (Å²) in [5.74, 6) is 1.17. The number of benzene rings is 1. The standard InChI is InChI=1S/C19H26N4O/c1-14-17(21-16-9-6-5-8-15(16)20-14)22-10-7-11-23(13-12-22)18(24)19(2,3)4/h5-6,8-9H,7,10-13H2,1-4H3. The molecule has 0 bridgehead atoms. The first kappa shape index (κ1) is 16.7. The number of fused-ring (bicyclic) bond motifs is 1. The lowest BCUT2D eigenvalue weighted by atomic mass is 9.94. The quantitative estimate of drug-likeness (QED) is 0.808. The van der Waals surface area contributed by atoms with Gasteiger partial charge in [0.25, 0.3) is 0 Å². The van der Waals surface area contributed by atoms with E-state index in [4.69, 9.17) is 9.97 Å². The first-order valence-electron chi connectivity index (χ1n) is 8.64. The first-order chi connectivity index (χ1) is 11.4. The Morgan fingerprint density at radius 3 is 2.33 bits per heavy atom. The third kappa shape index (κ3) is 3.35. The van der Waals surface area contributed by atoms with Crippen LogP contribution in [0.4, 0.5) is 5.82 Å². The second kappa shape index (κ2) is 6.38. The van der Waals surface area contributed by atoms with Crippen molar-refractivity contribution in [3.63, 3.8) is 0 Å². The Balaban J connectivity index is 1.81. The lowest BCUT2D eigenvalue weighted by Crippen LogP contribution is -2.41. The summed E-state index contributed by atoms with van der Waals surface area (Å²) >= 11 is 0. The van der Waals surface area contributed by atoms with Gasteiger partial charge in [0, 0.05) is 31.6 Å². The number of para-hydroxylation sites is 2. The minimum absolute atomic E-state index is 0.227. The van der Waals surface area contributed by atoms with E-state index in [2.05, 4.69) is 4.90 Å². The molecule has 0 N–H and O–H groups in total. The number of nitrogens with zero attached hydrogens (tertiary/aromatic N) is 4. The molecule has 0 spiro atoms. The van der Waals surface area contributed by atoms with Crippen LogP contribution < -0.4 is 4.90 Å². The smallest absolute Gasteiger partial charge is 0.228 e. The van der Waals surface area contributed by atoms with Crippen LogP contribution in [-0.2, 0) is 4.79 Å². The lowest BCUT2D eigenvalue weighted by molar-refractivity contribution is -0.139. The van der Waals surface area contributed by atoms with E-state index in [1.807, 2.05) is 56.9 Å². The fourth-order valence-electron chi connectivity index (χ4n) is 3.19. The molecule has 0 unspecified atom stereocenters. The average Bonchev–Trinajstić information content (AvgIpc) is 2.78. The monoisotopic (exact) mass is 326 g/mol. The molecule has 0 saturated carbocycles. The molecule has 0 aliphatic carbocycles. The van der Waals surface area contributed by atoms with Gasteiger partial charge in [0.15, 0.2) is 5.82 Å². The molecule has 128 valence electrons. The highest BCUT2D eigenvalue weighted by atomic mass is 16.2. The van der Waals surface area contributed by atoms with Crippen LogP contribution in [0.3, 0.4) is 0 Å². The Morgan fingerprint density at radius 2 is 1.67 bits per heavy atom. The number of anilines is 1. The summed E-state index contributed by atoms with van der Waals surface area (Å²) in [4.78, 5) is 26.3. The maximum atomic E-state index is 12.5. The molecule has 5 nitrogen and oxygen atoms in total. The number of hydrogen-bond acceptors (Lipinski definition) is 4. The van der Waals surface area contributed by atoms with Gasteiger partial charge in [0.1, 0.15) is 0 Å². The van der Waals surface area contributed by atoms with Gasteiger partial charge < -0.3 is 9.80 Å². The van der Waals surface area contributed by atoms with E-state index >= 15 is 0 Å². The van der Waals surface area contributed by atoms with E-state index in [0.717, 1.165) is 55.1 Å². The number of hydrogen-bond donors (Lipinski definition) is 0. The Kier molecular flexibility index (Phi) is 4.43. The minimum Gasteiger partial charge on any atom is -0.353 e. The molecule has 3 rings (SSSR count). The normalized spacial score (nSPS) is 16.3. The Bertz CT molecular complexity index is 751. The van der Waals surface area contributed by atoms with Gasteiger partial charge in [-0.1, -0.05) is 32.9 Å². The Morgan fingerprint density at radius 1 is 1.00 bits per heavy atom. The largest absolute Gasteiger partial charge is 0.353 e. The van der Waals surface area contributed by atoms with E-state index in [0.29, 0.717) is 0 Å². The number of carbonyl (C=O) groups is 1. The summed E-state index contributed by atoms with van der Waals surface area (Å²) in [6.07, 6.45) is 0.954. The van der Waals surface area contributed by atoms with Gasteiger partial charge in [-0.05, 0) is 25.5 Å². The highest BCUT2D eigenvalue weighted by molar-refractivity contribution is 5.81. The van der Waals surface area contributed by atoms with Crippen molar-refractivity contribution in [2.45, 2.75) is 34.1 Å². The third-order valence-corrected chi connectivity index (χ3v) is 4.44. The fraction of sp³-hybridized carbons (Fsp3) is 0.526. The van der Waals surface area contributed by atoms with Gasteiger partial charge in [-0.15, -0.1) is 0 Å². The van der Waals surface area contributed by atoms with Crippen molar-refractivity contribution in [3.8, 4) is 0 Å². The van der Waals surface area contributed by atoms with Gasteiger partial charge in [-0.3, -0.25) is 4.79 Å². The number of aryl methyl sites for hydroxylation is 1. The summed E-state index contributed by atoms with van der Waals surface area (Å²) in [6.45, 7) is 11.2. The summed E-state index contributed by atoms with van der Waals surface area (Å²) in [6, 6.07) is 7.96. The van der Waals surface area contributed by atoms with E-state index in [-0.39, 0.29) is 11.3 Å². The predicted octanol–water partition coefficient (Wildman–Crippen LogP) is 3.02. The van der Waals surface area contributed by atoms with Crippen LogP contribution in [0.15, 0.2) is 24.3 Å². The van der Waals surface area contributed by atoms with Crippen LogP contribution in [0.25, 0.3) is 11.0 Å². The topological polar surface area (TPSA) is 49.3 Å². The molecule has 1 saturated heterocycles. The highest BCUT2D eigenvalue weighted by Crippen LogP contribution is 2.23. The molecule has 2 aromatic rings. The first-order valence-corrected chi connectivity index (χ1v) is 8.64. The molecule has 1 aliphatic heterocycles. The number of carbonyl (C=O) groups excluding carboxylic acids is 1. The van der Waals surface area contributed by atoms with Gasteiger partial charge in [-0.25, -0.2) is 9.97 Å². The zero-order chi connectivity index (χ0) is 17.3. The minimum atomic E-state index is -0.326. The van der Waals surface area contributed by atoms with Crippen molar-refractivity contribution >= 4 is 22.8 Å². The van der Waals surface area contributed by atoms with Crippen molar-refractivity contribution in [1.29, 1.82) is 0 Å². The maximum Gasteiger partial charge on any atom is 0.228 e. The second-order valence-corrected chi connectivity index (χ2v) is 7.50. The predicted molar refractivity (Wildman–Crippen MR) is 97.1 cm³/mol. The summed E-state index contributed by atoms with van der Waals surface area (Å²) < 4.78 is 0. The fourth-order valence-corrected chi connectivity index (χ4v) is 3.19. The van der Waals surface area contributed by atoms with Crippen LogP contribution in [0.5, 0.6) is 0 Å². The SMILES string of the molecule is Cc1nc2ccccc2nc1N1CCCN(C(=O)C(C)(C)C)CC1. The summed E-state index contributed by atoms with van der Waals surface area (Å²) in [7, 11) is 0. The van der Waals surface area contributed by atoms with E-state index in [9.17, 15) is 4.79 Å². The average molecular weight is 326 g/mol. The third-order valence-electron chi connectivity index (χ3n) is 4.44. The molecule has 1 aromatic heterocycles. The lowest BCUT2D eigenvalue weighted by Gasteiger charge is -2.28. The second-order valence-electron chi connectivity index (χ2n) is 7.50. The van der Waals surface area contributed by atoms with E-state index in [1.165, 1.54) is 0 Å². The molecular weight excluding hydrogens is 300 g/mol. The van der Waals surface area contributed by atoms with Crippen molar-refractivity contribution in [2.75, 3.05) is 31.1 Å². The molecule has 24 heavy (non-hydrogen) atoms. The van der Waals surface area contributed by atoms with Gasteiger partial charge in [0.05, 0.1) is 16.7 Å². The van der Waals surface area contributed by atoms with Crippen LogP contribution in [0, 0.1) is 12.3 Å². The molecule has 0 radical (unpaired) electrons. The molecular formula is C19H26N4O. The molecule has 2 heterocycles. The molecule has 0 atom stereocenters. The summed E-state index contributed by atoms with van der Waals surface area (Å²) in [5, 5.41) is 0. The molecule has 1 amide bonds. The van der Waals surface area contributed by atoms with Crippen LogP contribution in [0.1, 0.15) is 32.9 Å². The maximum absolute atomic E-state index is 12.5. The molecule has 1 aromatic carbocycles. The van der Waals surface area contributed by atoms with Crippen LogP contribution >= 0.6 is 0 Å². The molecule has 1 fully saturated rings. The van der Waals surface area contributed by atoms with Gasteiger partial charge >= 0.3 is 0 Å². The van der Waals surface area contributed by atoms with E-state index in [1.54, 1.807) is 0 Å². The van der Waals surface area contributed by atoms with Crippen molar-refractivity contribution < 1.29 is 4.79 Å².